The van der Waals surface area contributed by atoms with Gasteiger partial charge in [0.2, 0.25) is 0 Å². The van der Waals surface area contributed by atoms with Crippen molar-refractivity contribution in [1.29, 1.82) is 0 Å². The molecule has 0 spiro atoms. The summed E-state index contributed by atoms with van der Waals surface area (Å²) in [5.74, 6) is 0.947. The fourth-order valence-corrected chi connectivity index (χ4v) is 2.74. The molecule has 0 N–H and O–H groups in total. The Morgan fingerprint density at radius 3 is 2.52 bits per heavy atom. The van der Waals surface area contributed by atoms with E-state index in [9.17, 15) is 4.79 Å². The number of benzene rings is 2. The van der Waals surface area contributed by atoms with E-state index in [-0.39, 0.29) is 11.9 Å². The molecule has 1 heterocycles. The minimum Gasteiger partial charge on any atom is -0.335 e. The lowest BCUT2D eigenvalue weighted by molar-refractivity contribution is 0.0742. The van der Waals surface area contributed by atoms with Gasteiger partial charge < -0.3 is 9.42 Å². The van der Waals surface area contributed by atoms with Gasteiger partial charge in [0.25, 0.3) is 11.8 Å². The highest BCUT2D eigenvalue weighted by Gasteiger charge is 2.19. The molecule has 0 fully saturated rings. The van der Waals surface area contributed by atoms with E-state index in [2.05, 4.69) is 10.1 Å². The second-order valence-electron chi connectivity index (χ2n) is 5.87. The van der Waals surface area contributed by atoms with Crippen molar-refractivity contribution in [2.45, 2.75) is 19.9 Å². The maximum absolute atomic E-state index is 12.7. The first kappa shape index (κ1) is 17.2. The zero-order valence-corrected chi connectivity index (χ0v) is 15.0. The molecular formula is C19H18ClN3O2. The van der Waals surface area contributed by atoms with Gasteiger partial charge in [-0.1, -0.05) is 28.9 Å². The third kappa shape index (κ3) is 3.72. The van der Waals surface area contributed by atoms with Gasteiger partial charge in [-0.2, -0.15) is 4.98 Å². The molecule has 0 saturated heterocycles. The van der Waals surface area contributed by atoms with Gasteiger partial charge in [0, 0.05) is 23.2 Å². The highest BCUT2D eigenvalue weighted by atomic mass is 35.5. The van der Waals surface area contributed by atoms with E-state index in [1.165, 1.54) is 0 Å². The first-order valence-corrected chi connectivity index (χ1v) is 8.27. The van der Waals surface area contributed by atoms with Crippen LogP contribution in [0.1, 0.15) is 34.7 Å². The van der Waals surface area contributed by atoms with Crippen LogP contribution in [0.25, 0.3) is 11.5 Å². The van der Waals surface area contributed by atoms with Crippen LogP contribution in [0, 0.1) is 6.92 Å². The van der Waals surface area contributed by atoms with Crippen molar-refractivity contribution >= 4 is 17.5 Å². The average Bonchev–Trinajstić information content (AvgIpc) is 3.06. The summed E-state index contributed by atoms with van der Waals surface area (Å²) < 4.78 is 5.14. The largest absolute Gasteiger partial charge is 0.335 e. The van der Waals surface area contributed by atoms with Gasteiger partial charge in [0.15, 0.2) is 5.82 Å². The second kappa shape index (κ2) is 7.07. The number of rotatable bonds is 4. The molecule has 1 atom stereocenters. The molecule has 5 nitrogen and oxygen atoms in total. The van der Waals surface area contributed by atoms with E-state index in [0.29, 0.717) is 22.3 Å². The van der Waals surface area contributed by atoms with Crippen LogP contribution in [0.2, 0.25) is 5.02 Å². The van der Waals surface area contributed by atoms with Crippen molar-refractivity contribution in [3.63, 3.8) is 0 Å². The highest BCUT2D eigenvalue weighted by Crippen LogP contribution is 2.24. The molecule has 0 aliphatic carbocycles. The Hall–Kier alpha value is -2.66. The smallest absolute Gasteiger partial charge is 0.257 e. The van der Waals surface area contributed by atoms with Gasteiger partial charge in [-0.3, -0.25) is 4.79 Å². The lowest BCUT2D eigenvalue weighted by Gasteiger charge is -2.25. The normalized spacial score (nSPS) is 12.0. The molecule has 3 rings (SSSR count). The maximum Gasteiger partial charge on any atom is 0.257 e. The molecular weight excluding hydrogens is 338 g/mol. The van der Waals surface area contributed by atoms with E-state index in [0.717, 1.165) is 11.1 Å². The minimum atomic E-state index is -0.0931. The Kier molecular flexibility index (Phi) is 4.86. The van der Waals surface area contributed by atoms with Crippen LogP contribution in [0.5, 0.6) is 0 Å². The van der Waals surface area contributed by atoms with Crippen LogP contribution in [0.4, 0.5) is 0 Å². The summed E-state index contributed by atoms with van der Waals surface area (Å²) in [4.78, 5) is 18.6. The SMILES string of the molecule is Cc1noc(-c2ccc(C(=O)N(C)C(C)c3cccc(Cl)c3)cc2)n1. The van der Waals surface area contributed by atoms with Crippen LogP contribution in [0.15, 0.2) is 53.1 Å². The first-order chi connectivity index (χ1) is 12.0. The van der Waals surface area contributed by atoms with Gasteiger partial charge in [-0.15, -0.1) is 0 Å². The molecule has 0 saturated carbocycles. The van der Waals surface area contributed by atoms with Crippen LogP contribution >= 0.6 is 11.6 Å². The fourth-order valence-electron chi connectivity index (χ4n) is 2.54. The number of carbonyl (C=O) groups excluding carboxylic acids is 1. The molecule has 0 radical (unpaired) electrons. The molecule has 1 aromatic heterocycles. The van der Waals surface area contributed by atoms with E-state index >= 15 is 0 Å². The number of aryl methyl sites for hydroxylation is 1. The van der Waals surface area contributed by atoms with Crippen LogP contribution in [-0.2, 0) is 0 Å². The molecule has 25 heavy (non-hydrogen) atoms. The van der Waals surface area contributed by atoms with Crippen molar-refractivity contribution in [3.05, 3.63) is 70.5 Å². The van der Waals surface area contributed by atoms with Crippen LogP contribution in [-0.4, -0.2) is 28.0 Å². The van der Waals surface area contributed by atoms with E-state index in [4.69, 9.17) is 16.1 Å². The lowest BCUT2D eigenvalue weighted by Crippen LogP contribution is -2.29. The predicted molar refractivity (Wildman–Crippen MR) is 96.4 cm³/mol. The number of hydrogen-bond acceptors (Lipinski definition) is 4. The van der Waals surface area contributed by atoms with Crippen LogP contribution < -0.4 is 0 Å². The van der Waals surface area contributed by atoms with Gasteiger partial charge in [0.1, 0.15) is 0 Å². The third-order valence-corrected chi connectivity index (χ3v) is 4.37. The van der Waals surface area contributed by atoms with Crippen molar-refractivity contribution in [2.75, 3.05) is 7.05 Å². The average molecular weight is 356 g/mol. The molecule has 0 bridgehead atoms. The van der Waals surface area contributed by atoms with Crippen molar-refractivity contribution in [1.82, 2.24) is 15.0 Å². The zero-order chi connectivity index (χ0) is 18.0. The van der Waals surface area contributed by atoms with Gasteiger partial charge in [0.05, 0.1) is 6.04 Å². The predicted octanol–water partition coefficient (Wildman–Crippen LogP) is 4.53. The number of aromatic nitrogens is 2. The monoisotopic (exact) mass is 355 g/mol. The molecule has 6 heteroatoms. The summed E-state index contributed by atoms with van der Waals surface area (Å²) in [5.41, 5.74) is 2.36. The molecule has 3 aromatic rings. The topological polar surface area (TPSA) is 59.2 Å². The minimum absolute atomic E-state index is 0.0688. The van der Waals surface area contributed by atoms with E-state index < -0.39 is 0 Å². The Balaban J connectivity index is 1.78. The summed E-state index contributed by atoms with van der Waals surface area (Å²) in [5, 5.41) is 4.43. The number of halogens is 1. The summed E-state index contributed by atoms with van der Waals surface area (Å²) in [6.45, 7) is 3.73. The molecule has 0 aliphatic heterocycles. The Morgan fingerprint density at radius 2 is 1.92 bits per heavy atom. The summed E-state index contributed by atoms with van der Waals surface area (Å²) in [7, 11) is 1.78. The lowest BCUT2D eigenvalue weighted by atomic mass is 10.1. The molecule has 1 unspecified atom stereocenters. The number of carbonyl (C=O) groups is 1. The molecule has 0 aliphatic rings. The van der Waals surface area contributed by atoms with Crippen molar-refractivity contribution in [3.8, 4) is 11.5 Å². The second-order valence-corrected chi connectivity index (χ2v) is 6.31. The first-order valence-electron chi connectivity index (χ1n) is 7.89. The number of amides is 1. The number of hydrogen-bond donors (Lipinski definition) is 0. The Labute approximate surface area is 151 Å². The number of nitrogens with zero attached hydrogens (tertiary/aromatic N) is 3. The quantitative estimate of drug-likeness (QED) is 0.689. The van der Waals surface area contributed by atoms with Gasteiger partial charge >= 0.3 is 0 Å². The maximum atomic E-state index is 12.7. The Morgan fingerprint density at radius 1 is 1.20 bits per heavy atom. The van der Waals surface area contributed by atoms with Gasteiger partial charge in [-0.05, 0) is 55.8 Å². The highest BCUT2D eigenvalue weighted by molar-refractivity contribution is 6.30. The summed E-state index contributed by atoms with van der Waals surface area (Å²) in [6.07, 6.45) is 0. The van der Waals surface area contributed by atoms with E-state index in [1.807, 2.05) is 31.2 Å². The summed E-state index contributed by atoms with van der Waals surface area (Å²) >= 11 is 6.04. The third-order valence-electron chi connectivity index (χ3n) is 4.14. The molecule has 128 valence electrons. The standard InChI is InChI=1S/C19H18ClN3O2/c1-12(16-5-4-6-17(20)11-16)23(3)19(24)15-9-7-14(8-10-15)18-21-13(2)22-25-18/h4-12H,1-3H3. The van der Waals surface area contributed by atoms with Crippen molar-refractivity contribution < 1.29 is 9.32 Å². The van der Waals surface area contributed by atoms with Gasteiger partial charge in [-0.25, -0.2) is 0 Å². The van der Waals surface area contributed by atoms with Crippen LogP contribution in [0.3, 0.4) is 0 Å². The van der Waals surface area contributed by atoms with Crippen molar-refractivity contribution in [2.24, 2.45) is 0 Å². The summed E-state index contributed by atoms with van der Waals surface area (Å²) in [6, 6.07) is 14.6. The zero-order valence-electron chi connectivity index (χ0n) is 14.2. The van der Waals surface area contributed by atoms with E-state index in [1.54, 1.807) is 43.1 Å². The fraction of sp³-hybridized carbons (Fsp3) is 0.211. The molecule has 2 aromatic carbocycles. The Bertz CT molecular complexity index is 890. The molecule has 1 amide bonds.